The minimum atomic E-state index is -0.538. The van der Waals surface area contributed by atoms with Crippen molar-refractivity contribution in [2.45, 2.75) is 46.2 Å². The molecule has 24 heavy (non-hydrogen) atoms. The molecule has 1 aliphatic rings. The number of nitrogens with zero attached hydrogens (tertiary/aromatic N) is 1. The molecule has 1 fully saturated rings. The smallest absolute Gasteiger partial charge is 0.243 e. The molecule has 0 saturated carbocycles. The van der Waals surface area contributed by atoms with E-state index in [-0.39, 0.29) is 23.6 Å². The van der Waals surface area contributed by atoms with Crippen molar-refractivity contribution in [3.63, 3.8) is 0 Å². The minimum absolute atomic E-state index is 0.0115. The first-order chi connectivity index (χ1) is 11.4. The van der Waals surface area contributed by atoms with Crippen molar-refractivity contribution in [2.75, 3.05) is 11.4 Å². The van der Waals surface area contributed by atoms with E-state index in [1.165, 1.54) is 6.92 Å². The van der Waals surface area contributed by atoms with Gasteiger partial charge in [0.25, 0.3) is 0 Å². The highest BCUT2D eigenvalue weighted by molar-refractivity contribution is 5.95. The van der Waals surface area contributed by atoms with Crippen LogP contribution in [0.2, 0.25) is 0 Å². The number of nitrogens with one attached hydrogen (secondary N) is 2. The summed E-state index contributed by atoms with van der Waals surface area (Å²) >= 11 is 0. The molecule has 3 amide bonds. The lowest BCUT2D eigenvalue weighted by molar-refractivity contribution is -0.129. The lowest BCUT2D eigenvalue weighted by atomic mass is 10.0. The Hall–Kier alpha value is -2.37. The molecule has 2 N–H and O–H groups in total. The SMILES string of the molecule is CC(=O)N[C@@H](C(=O)NCc1ccc(N2CCCC2=O)cc1)C(C)C. The first-order valence-corrected chi connectivity index (χ1v) is 8.32. The Morgan fingerprint density at radius 3 is 2.38 bits per heavy atom. The summed E-state index contributed by atoms with van der Waals surface area (Å²) in [6.07, 6.45) is 1.51. The number of carbonyl (C=O) groups is 3. The third-order valence-electron chi connectivity index (χ3n) is 4.10. The largest absolute Gasteiger partial charge is 0.350 e. The molecule has 2 rings (SSSR count). The number of amides is 3. The number of rotatable bonds is 6. The Labute approximate surface area is 142 Å². The van der Waals surface area contributed by atoms with E-state index >= 15 is 0 Å². The van der Waals surface area contributed by atoms with Crippen molar-refractivity contribution < 1.29 is 14.4 Å². The van der Waals surface area contributed by atoms with Crippen molar-refractivity contribution in [1.29, 1.82) is 0 Å². The molecule has 6 nitrogen and oxygen atoms in total. The highest BCUT2D eigenvalue weighted by Crippen LogP contribution is 2.21. The number of anilines is 1. The van der Waals surface area contributed by atoms with Crippen molar-refractivity contribution in [1.82, 2.24) is 10.6 Å². The Kier molecular flexibility index (Phi) is 5.95. The predicted molar refractivity (Wildman–Crippen MR) is 92.3 cm³/mol. The average molecular weight is 331 g/mol. The third kappa shape index (κ3) is 4.57. The fourth-order valence-electron chi connectivity index (χ4n) is 2.77. The van der Waals surface area contributed by atoms with Crippen molar-refractivity contribution >= 4 is 23.4 Å². The quantitative estimate of drug-likeness (QED) is 0.831. The number of hydrogen-bond acceptors (Lipinski definition) is 3. The lowest BCUT2D eigenvalue weighted by Gasteiger charge is -2.21. The van der Waals surface area contributed by atoms with E-state index in [0.29, 0.717) is 13.0 Å². The van der Waals surface area contributed by atoms with Gasteiger partial charge < -0.3 is 15.5 Å². The van der Waals surface area contributed by atoms with Gasteiger partial charge >= 0.3 is 0 Å². The maximum atomic E-state index is 12.2. The molecule has 0 aliphatic carbocycles. The van der Waals surface area contributed by atoms with Crippen LogP contribution in [0.5, 0.6) is 0 Å². The molecule has 6 heteroatoms. The van der Waals surface area contributed by atoms with Gasteiger partial charge in [-0.15, -0.1) is 0 Å². The molecule has 0 bridgehead atoms. The maximum Gasteiger partial charge on any atom is 0.243 e. The average Bonchev–Trinajstić information content (AvgIpc) is 2.96. The van der Waals surface area contributed by atoms with E-state index in [9.17, 15) is 14.4 Å². The Morgan fingerprint density at radius 1 is 1.21 bits per heavy atom. The van der Waals surface area contributed by atoms with Gasteiger partial charge in [-0.05, 0) is 30.0 Å². The fourth-order valence-corrected chi connectivity index (χ4v) is 2.77. The molecule has 1 aliphatic heterocycles. The number of hydrogen-bond donors (Lipinski definition) is 2. The molecule has 130 valence electrons. The maximum absolute atomic E-state index is 12.2. The van der Waals surface area contributed by atoms with E-state index < -0.39 is 6.04 Å². The van der Waals surface area contributed by atoms with E-state index in [1.54, 1.807) is 4.90 Å². The van der Waals surface area contributed by atoms with Crippen LogP contribution in [0.4, 0.5) is 5.69 Å². The molecule has 1 atom stereocenters. The van der Waals surface area contributed by atoms with Crippen molar-refractivity contribution in [3.05, 3.63) is 29.8 Å². The van der Waals surface area contributed by atoms with Crippen molar-refractivity contribution in [3.8, 4) is 0 Å². The molecule has 1 heterocycles. The van der Waals surface area contributed by atoms with E-state index in [4.69, 9.17) is 0 Å². The molecule has 0 aromatic heterocycles. The van der Waals surface area contributed by atoms with Crippen molar-refractivity contribution in [2.24, 2.45) is 5.92 Å². The standard InChI is InChI=1S/C18H25N3O3/c1-12(2)17(20-13(3)22)18(24)19-11-14-6-8-15(9-7-14)21-10-4-5-16(21)23/h6-9,12,17H,4-5,10-11H2,1-3H3,(H,19,24)(H,20,22)/t17-/m1/s1. The highest BCUT2D eigenvalue weighted by Gasteiger charge is 2.23. The summed E-state index contributed by atoms with van der Waals surface area (Å²) in [7, 11) is 0. The van der Waals surface area contributed by atoms with Crippen LogP contribution in [0.15, 0.2) is 24.3 Å². The van der Waals surface area contributed by atoms with E-state index in [2.05, 4.69) is 10.6 Å². The Morgan fingerprint density at radius 2 is 1.88 bits per heavy atom. The summed E-state index contributed by atoms with van der Waals surface area (Å²) in [5.74, 6) is -0.244. The summed E-state index contributed by atoms with van der Waals surface area (Å²) in [4.78, 5) is 37.0. The first kappa shape index (κ1) is 18.0. The summed E-state index contributed by atoms with van der Waals surface area (Å²) in [6, 6.07) is 7.08. The molecule has 1 saturated heterocycles. The van der Waals surface area contributed by atoms with Gasteiger partial charge in [0.1, 0.15) is 6.04 Å². The van der Waals surface area contributed by atoms with Gasteiger partial charge in [0.2, 0.25) is 17.7 Å². The van der Waals surface area contributed by atoms with Crippen LogP contribution < -0.4 is 15.5 Å². The van der Waals surface area contributed by atoms with Gasteiger partial charge in [0.05, 0.1) is 0 Å². The van der Waals surface area contributed by atoms with Gasteiger partial charge in [0, 0.05) is 32.1 Å². The molecule has 0 radical (unpaired) electrons. The van der Waals surface area contributed by atoms with Gasteiger partial charge in [-0.3, -0.25) is 14.4 Å². The van der Waals surface area contributed by atoms with Crippen LogP contribution in [-0.4, -0.2) is 30.3 Å². The van der Waals surface area contributed by atoms with Gasteiger partial charge in [0.15, 0.2) is 0 Å². The first-order valence-electron chi connectivity index (χ1n) is 8.32. The zero-order valence-electron chi connectivity index (χ0n) is 14.5. The molecule has 1 aromatic carbocycles. The lowest BCUT2D eigenvalue weighted by Crippen LogP contribution is -2.48. The second-order valence-electron chi connectivity index (χ2n) is 6.46. The van der Waals surface area contributed by atoms with Crippen LogP contribution in [0.1, 0.15) is 39.2 Å². The zero-order chi connectivity index (χ0) is 17.7. The van der Waals surface area contributed by atoms with Crippen LogP contribution in [0, 0.1) is 5.92 Å². The van der Waals surface area contributed by atoms with Crippen LogP contribution in [0.25, 0.3) is 0 Å². The van der Waals surface area contributed by atoms with Crippen LogP contribution >= 0.6 is 0 Å². The molecular weight excluding hydrogens is 306 g/mol. The monoisotopic (exact) mass is 331 g/mol. The topological polar surface area (TPSA) is 78.5 Å². The second kappa shape index (κ2) is 7.95. The molecular formula is C18H25N3O3. The second-order valence-corrected chi connectivity index (χ2v) is 6.46. The fraction of sp³-hybridized carbons (Fsp3) is 0.500. The predicted octanol–water partition coefficient (Wildman–Crippen LogP) is 1.59. The molecule has 1 aromatic rings. The summed E-state index contributed by atoms with van der Waals surface area (Å²) in [5.41, 5.74) is 1.84. The van der Waals surface area contributed by atoms with Gasteiger partial charge in [-0.1, -0.05) is 26.0 Å². The molecule has 0 unspecified atom stereocenters. The number of benzene rings is 1. The van der Waals surface area contributed by atoms with Crippen LogP contribution in [0.3, 0.4) is 0 Å². The normalized spacial score (nSPS) is 15.5. The summed E-state index contributed by atoms with van der Waals surface area (Å²) in [6.45, 7) is 6.34. The zero-order valence-corrected chi connectivity index (χ0v) is 14.5. The van der Waals surface area contributed by atoms with Gasteiger partial charge in [-0.2, -0.15) is 0 Å². The summed E-state index contributed by atoms with van der Waals surface area (Å²) < 4.78 is 0. The van der Waals surface area contributed by atoms with E-state index in [1.807, 2.05) is 38.1 Å². The minimum Gasteiger partial charge on any atom is -0.350 e. The Balaban J connectivity index is 1.92. The molecule has 0 spiro atoms. The van der Waals surface area contributed by atoms with Crippen LogP contribution in [-0.2, 0) is 20.9 Å². The van der Waals surface area contributed by atoms with Gasteiger partial charge in [-0.25, -0.2) is 0 Å². The third-order valence-corrected chi connectivity index (χ3v) is 4.10. The van der Waals surface area contributed by atoms with E-state index in [0.717, 1.165) is 24.2 Å². The number of carbonyl (C=O) groups excluding carboxylic acids is 3. The highest BCUT2D eigenvalue weighted by atomic mass is 16.2. The Bertz CT molecular complexity index is 610. The summed E-state index contributed by atoms with van der Waals surface area (Å²) in [5, 5.41) is 5.52.